The van der Waals surface area contributed by atoms with Gasteiger partial charge in [0.1, 0.15) is 33.7 Å². The highest BCUT2D eigenvalue weighted by molar-refractivity contribution is 7.93. The van der Waals surface area contributed by atoms with E-state index in [1.54, 1.807) is 43.6 Å². The first kappa shape index (κ1) is 27.8. The predicted octanol–water partition coefficient (Wildman–Crippen LogP) is 3.80. The summed E-state index contributed by atoms with van der Waals surface area (Å²) in [7, 11) is -1.35. The van der Waals surface area contributed by atoms with Crippen LogP contribution in [0.5, 0.6) is 0 Å². The van der Waals surface area contributed by atoms with Gasteiger partial charge in [0, 0.05) is 18.0 Å². The largest absolute Gasteiger partial charge is 0.495 e. The highest BCUT2D eigenvalue weighted by Crippen LogP contribution is 2.33. The minimum atomic E-state index is -4.25. The first-order chi connectivity index (χ1) is 17.7. The third-order valence-corrected chi connectivity index (χ3v) is 7.28. The summed E-state index contributed by atoms with van der Waals surface area (Å²) in [4.78, 5) is 8.14. The summed E-state index contributed by atoms with van der Waals surface area (Å²) in [5.41, 5.74) is 0.932. The van der Waals surface area contributed by atoms with Crippen molar-refractivity contribution in [2.75, 3.05) is 18.9 Å². The van der Waals surface area contributed by atoms with Crippen molar-refractivity contribution < 1.29 is 23.0 Å². The zero-order chi connectivity index (χ0) is 27.2. The van der Waals surface area contributed by atoms with Gasteiger partial charge in [0.2, 0.25) is 16.0 Å². The lowest BCUT2D eigenvalue weighted by Crippen LogP contribution is -2.32. The summed E-state index contributed by atoms with van der Waals surface area (Å²) in [6.45, 7) is 6.87. The number of anilines is 1. The standard InChI is InChI=1S/C24H27ClN6O5S/c1-6-18(35-4)21(19(7-2)36-5)31-23(16-10-9-13-26-14-16)28-29-24(31)30-37(33,34)15(3)22(32)17-11-8-12-20(25)27-17/h6-15,22,32H,1H2,2-5H3,(H,29,30)/b19-7+,21-18-/t15-,22-/m0/s1. The van der Waals surface area contributed by atoms with Crippen LogP contribution in [-0.2, 0) is 19.5 Å². The van der Waals surface area contributed by atoms with Gasteiger partial charge in [-0.2, -0.15) is 0 Å². The number of rotatable bonds is 11. The molecule has 0 aliphatic heterocycles. The molecule has 0 aromatic carbocycles. The zero-order valence-electron chi connectivity index (χ0n) is 20.7. The first-order valence-electron chi connectivity index (χ1n) is 11.0. The van der Waals surface area contributed by atoms with Crippen LogP contribution in [0.1, 0.15) is 25.6 Å². The summed E-state index contributed by atoms with van der Waals surface area (Å²) in [5.74, 6) is 0.660. The molecular formula is C24H27ClN6O5S. The Labute approximate surface area is 220 Å². The van der Waals surface area contributed by atoms with Crippen molar-refractivity contribution in [2.24, 2.45) is 0 Å². The molecule has 2 atom stereocenters. The molecule has 0 saturated heterocycles. The molecule has 3 aromatic heterocycles. The second-order valence-corrected chi connectivity index (χ2v) is 10.0. The maximum absolute atomic E-state index is 13.4. The van der Waals surface area contributed by atoms with Gasteiger partial charge in [-0.25, -0.2) is 13.4 Å². The van der Waals surface area contributed by atoms with Crippen LogP contribution < -0.4 is 4.72 Å². The Morgan fingerprint density at radius 1 is 1.22 bits per heavy atom. The second-order valence-electron chi connectivity index (χ2n) is 7.58. The van der Waals surface area contributed by atoms with Gasteiger partial charge in [0.15, 0.2) is 5.82 Å². The Balaban J connectivity index is 2.18. The number of hydrogen-bond donors (Lipinski definition) is 2. The zero-order valence-corrected chi connectivity index (χ0v) is 22.2. The Hall–Kier alpha value is -3.74. The molecule has 3 aromatic rings. The molecule has 3 rings (SSSR count). The molecule has 11 nitrogen and oxygen atoms in total. The maximum atomic E-state index is 13.4. The van der Waals surface area contributed by atoms with Crippen molar-refractivity contribution in [3.05, 3.63) is 83.8 Å². The van der Waals surface area contributed by atoms with Crippen LogP contribution in [0.3, 0.4) is 0 Å². The number of aromatic nitrogens is 5. The van der Waals surface area contributed by atoms with E-state index >= 15 is 0 Å². The Bertz CT molecular complexity index is 1420. The van der Waals surface area contributed by atoms with Crippen LogP contribution in [0.4, 0.5) is 5.95 Å². The lowest BCUT2D eigenvalue weighted by atomic mass is 10.2. The number of halogens is 1. The van der Waals surface area contributed by atoms with E-state index in [-0.39, 0.29) is 34.1 Å². The SMILES string of the molecule is C=C/C(OC)=C(\C(=C/C)OC)n1c(NS(=O)(=O)[C@@H](C)[C@H](O)c2cccc(Cl)n2)nnc1-c1cccnc1. The number of aliphatic hydroxyl groups is 1. The van der Waals surface area contributed by atoms with E-state index in [2.05, 4.69) is 31.5 Å². The van der Waals surface area contributed by atoms with Crippen molar-refractivity contribution in [1.82, 2.24) is 24.7 Å². The number of ether oxygens (including phenoxy) is 2. The number of pyridine rings is 2. The van der Waals surface area contributed by atoms with E-state index < -0.39 is 21.4 Å². The van der Waals surface area contributed by atoms with E-state index in [1.165, 1.54) is 43.9 Å². The highest BCUT2D eigenvalue weighted by Gasteiger charge is 2.33. The van der Waals surface area contributed by atoms with Gasteiger partial charge in [-0.1, -0.05) is 24.2 Å². The molecule has 2 N–H and O–H groups in total. The molecule has 0 amide bonds. The normalized spacial score (nSPS) is 14.4. The highest BCUT2D eigenvalue weighted by atomic mass is 35.5. The fraction of sp³-hybridized carbons (Fsp3) is 0.250. The molecule has 13 heteroatoms. The molecule has 0 bridgehead atoms. The van der Waals surface area contributed by atoms with Gasteiger partial charge in [-0.05, 0) is 50.3 Å². The fourth-order valence-electron chi connectivity index (χ4n) is 3.43. The third kappa shape index (κ3) is 5.98. The van der Waals surface area contributed by atoms with Crippen molar-refractivity contribution in [2.45, 2.75) is 25.2 Å². The molecule has 0 aliphatic carbocycles. The lowest BCUT2D eigenvalue weighted by molar-refractivity contribution is 0.171. The van der Waals surface area contributed by atoms with E-state index in [0.717, 1.165) is 0 Å². The maximum Gasteiger partial charge on any atom is 0.243 e. The Morgan fingerprint density at radius 2 is 1.97 bits per heavy atom. The van der Waals surface area contributed by atoms with Crippen LogP contribution in [0.25, 0.3) is 17.1 Å². The van der Waals surface area contributed by atoms with Crippen LogP contribution in [0.2, 0.25) is 5.15 Å². The quantitative estimate of drug-likeness (QED) is 0.208. The molecule has 37 heavy (non-hydrogen) atoms. The van der Waals surface area contributed by atoms with E-state index in [0.29, 0.717) is 11.3 Å². The monoisotopic (exact) mass is 546 g/mol. The molecule has 0 radical (unpaired) electrons. The van der Waals surface area contributed by atoms with Crippen LogP contribution in [0.15, 0.2) is 73.0 Å². The van der Waals surface area contributed by atoms with Gasteiger partial charge in [0.05, 0.1) is 19.9 Å². The number of sulfonamides is 1. The number of nitrogens with one attached hydrogen (secondary N) is 1. The molecular weight excluding hydrogens is 520 g/mol. The molecule has 0 fully saturated rings. The van der Waals surface area contributed by atoms with Gasteiger partial charge in [0.25, 0.3) is 0 Å². The van der Waals surface area contributed by atoms with Gasteiger partial charge in [-0.3, -0.25) is 14.3 Å². The summed E-state index contributed by atoms with van der Waals surface area (Å²) >= 11 is 5.91. The van der Waals surface area contributed by atoms with Gasteiger partial charge >= 0.3 is 0 Å². The number of methoxy groups -OCH3 is 2. The second kappa shape index (κ2) is 12.0. The van der Waals surface area contributed by atoms with E-state index in [9.17, 15) is 13.5 Å². The van der Waals surface area contributed by atoms with Gasteiger partial charge < -0.3 is 14.6 Å². The lowest BCUT2D eigenvalue weighted by Gasteiger charge is -2.22. The summed E-state index contributed by atoms with van der Waals surface area (Å²) in [6.07, 6.45) is 4.78. The minimum absolute atomic E-state index is 0.104. The predicted molar refractivity (Wildman–Crippen MR) is 141 cm³/mol. The Morgan fingerprint density at radius 3 is 2.54 bits per heavy atom. The first-order valence-corrected chi connectivity index (χ1v) is 12.9. The minimum Gasteiger partial charge on any atom is -0.495 e. The average Bonchev–Trinajstić information content (AvgIpc) is 3.30. The van der Waals surface area contributed by atoms with Crippen molar-refractivity contribution in [3.8, 4) is 11.4 Å². The van der Waals surface area contributed by atoms with Crippen LogP contribution in [-0.4, -0.2) is 57.7 Å². The molecule has 3 heterocycles. The average molecular weight is 547 g/mol. The summed E-state index contributed by atoms with van der Waals surface area (Å²) in [5, 5.41) is 17.8. The topological polar surface area (TPSA) is 141 Å². The third-order valence-electron chi connectivity index (χ3n) is 5.37. The Kier molecular flexibility index (Phi) is 9.03. The fourth-order valence-corrected chi connectivity index (χ4v) is 4.65. The number of nitrogens with zero attached hydrogens (tertiary/aromatic N) is 5. The molecule has 0 unspecified atom stereocenters. The van der Waals surface area contributed by atoms with Crippen LogP contribution in [0, 0.1) is 0 Å². The van der Waals surface area contributed by atoms with Crippen molar-refractivity contribution in [1.29, 1.82) is 0 Å². The molecule has 0 aliphatic rings. The van der Waals surface area contributed by atoms with Gasteiger partial charge in [-0.15, -0.1) is 10.2 Å². The van der Waals surface area contributed by atoms with E-state index in [1.807, 2.05) is 0 Å². The van der Waals surface area contributed by atoms with Crippen molar-refractivity contribution in [3.63, 3.8) is 0 Å². The number of allylic oxidation sites excluding steroid dienone is 3. The number of hydrogen-bond acceptors (Lipinski definition) is 9. The molecule has 0 spiro atoms. The summed E-state index contributed by atoms with van der Waals surface area (Å²) in [6, 6.07) is 8.02. The molecule has 0 saturated carbocycles. The smallest absolute Gasteiger partial charge is 0.243 e. The summed E-state index contributed by atoms with van der Waals surface area (Å²) < 4.78 is 41.7. The van der Waals surface area contributed by atoms with E-state index in [4.69, 9.17) is 21.1 Å². The molecule has 196 valence electrons. The number of aliphatic hydroxyl groups excluding tert-OH is 1. The van der Waals surface area contributed by atoms with Crippen molar-refractivity contribution >= 4 is 33.3 Å². The van der Waals surface area contributed by atoms with Crippen LogP contribution >= 0.6 is 11.6 Å².